The molecule has 1 heterocycles. The van der Waals surface area contributed by atoms with Crippen molar-refractivity contribution in [3.63, 3.8) is 0 Å². The van der Waals surface area contributed by atoms with Gasteiger partial charge in [0.05, 0.1) is 11.5 Å². The first kappa shape index (κ1) is 10.4. The van der Waals surface area contributed by atoms with E-state index in [9.17, 15) is 10.1 Å². The van der Waals surface area contributed by atoms with Gasteiger partial charge in [0.1, 0.15) is 0 Å². The fourth-order valence-corrected chi connectivity index (χ4v) is 1.08. The molecule has 0 saturated heterocycles. The summed E-state index contributed by atoms with van der Waals surface area (Å²) in [6, 6.07) is 1.57. The second-order valence-corrected chi connectivity index (χ2v) is 2.73. The fraction of sp³-hybridized carbons (Fsp3) is 0.375. The summed E-state index contributed by atoms with van der Waals surface area (Å²) in [5.74, 6) is 0.198. The van der Waals surface area contributed by atoms with Crippen LogP contribution in [0.2, 0.25) is 0 Å². The number of pyridine rings is 1. The lowest BCUT2D eigenvalue weighted by atomic mass is 10.2. The van der Waals surface area contributed by atoms with E-state index in [1.807, 2.05) is 0 Å². The minimum absolute atomic E-state index is 0.0408. The number of nitro groups is 1. The third-order valence-corrected chi connectivity index (χ3v) is 1.71. The van der Waals surface area contributed by atoms with Gasteiger partial charge in [-0.15, -0.1) is 0 Å². The van der Waals surface area contributed by atoms with Crippen LogP contribution in [0, 0.1) is 17.0 Å². The Hall–Kier alpha value is -1.69. The van der Waals surface area contributed by atoms with Gasteiger partial charge >= 0.3 is 5.69 Å². The zero-order valence-electron chi connectivity index (χ0n) is 7.73. The predicted molar refractivity (Wildman–Crippen MR) is 51.2 cm³/mol. The van der Waals surface area contributed by atoms with E-state index >= 15 is 0 Å². The van der Waals surface area contributed by atoms with Crippen LogP contribution in [-0.4, -0.2) is 28.2 Å². The molecule has 0 aliphatic carbocycles. The van der Waals surface area contributed by atoms with Crippen LogP contribution in [0.4, 0.5) is 11.5 Å². The molecule has 1 rings (SSSR count). The van der Waals surface area contributed by atoms with Crippen molar-refractivity contribution in [3.05, 3.63) is 27.9 Å². The molecule has 6 nitrogen and oxygen atoms in total. The number of nitrogens with zero attached hydrogens (tertiary/aromatic N) is 2. The van der Waals surface area contributed by atoms with E-state index in [4.69, 9.17) is 5.11 Å². The quantitative estimate of drug-likeness (QED) is 0.548. The molecule has 0 spiro atoms. The van der Waals surface area contributed by atoms with E-state index in [-0.39, 0.29) is 24.7 Å². The van der Waals surface area contributed by atoms with Crippen LogP contribution < -0.4 is 5.32 Å². The molecular weight excluding hydrogens is 186 g/mol. The highest BCUT2D eigenvalue weighted by molar-refractivity contribution is 5.59. The Morgan fingerprint density at radius 3 is 3.00 bits per heavy atom. The molecule has 0 aliphatic heterocycles. The summed E-state index contributed by atoms with van der Waals surface area (Å²) in [6.07, 6.45) is 1.49. The summed E-state index contributed by atoms with van der Waals surface area (Å²) in [5, 5.41) is 21.9. The Bertz CT molecular complexity index is 341. The molecule has 0 aromatic carbocycles. The summed E-state index contributed by atoms with van der Waals surface area (Å²) in [7, 11) is 0. The van der Waals surface area contributed by atoms with E-state index in [1.54, 1.807) is 13.0 Å². The van der Waals surface area contributed by atoms with Gasteiger partial charge in [-0.25, -0.2) is 4.98 Å². The first-order valence-electron chi connectivity index (χ1n) is 4.11. The second kappa shape index (κ2) is 4.52. The average molecular weight is 197 g/mol. The SMILES string of the molecule is Cc1ccnc(NCCO)c1[N+](=O)[O-]. The average Bonchev–Trinajstić information content (AvgIpc) is 2.14. The normalized spacial score (nSPS) is 9.86. The third-order valence-electron chi connectivity index (χ3n) is 1.71. The van der Waals surface area contributed by atoms with Gasteiger partial charge in [0.2, 0.25) is 5.82 Å². The molecule has 2 N–H and O–H groups in total. The summed E-state index contributed by atoms with van der Waals surface area (Å²) in [4.78, 5) is 14.0. The van der Waals surface area contributed by atoms with Crippen LogP contribution in [0.3, 0.4) is 0 Å². The van der Waals surface area contributed by atoms with Gasteiger partial charge in [0.25, 0.3) is 0 Å². The van der Waals surface area contributed by atoms with E-state index in [2.05, 4.69) is 10.3 Å². The first-order valence-corrected chi connectivity index (χ1v) is 4.11. The maximum Gasteiger partial charge on any atom is 0.314 e. The third kappa shape index (κ3) is 2.17. The molecule has 0 atom stereocenters. The molecule has 0 aliphatic rings. The molecule has 0 radical (unpaired) electrons. The van der Waals surface area contributed by atoms with Crippen LogP contribution in [0.5, 0.6) is 0 Å². The van der Waals surface area contributed by atoms with E-state index in [0.29, 0.717) is 5.56 Å². The Labute approximate surface area is 80.7 Å². The number of aryl methyl sites for hydroxylation is 1. The number of aliphatic hydroxyl groups is 1. The van der Waals surface area contributed by atoms with Gasteiger partial charge in [0, 0.05) is 18.3 Å². The molecule has 0 fully saturated rings. The highest BCUT2D eigenvalue weighted by atomic mass is 16.6. The van der Waals surface area contributed by atoms with Crippen molar-refractivity contribution >= 4 is 11.5 Å². The minimum atomic E-state index is -0.484. The van der Waals surface area contributed by atoms with E-state index in [0.717, 1.165) is 0 Å². The molecule has 14 heavy (non-hydrogen) atoms. The van der Waals surface area contributed by atoms with Gasteiger partial charge in [-0.05, 0) is 13.0 Å². The summed E-state index contributed by atoms with van der Waals surface area (Å²) in [5.41, 5.74) is 0.506. The number of anilines is 1. The van der Waals surface area contributed by atoms with Crippen LogP contribution in [0.15, 0.2) is 12.3 Å². The maximum atomic E-state index is 10.7. The van der Waals surface area contributed by atoms with Gasteiger partial charge < -0.3 is 10.4 Å². The monoisotopic (exact) mass is 197 g/mol. The standard InChI is InChI=1S/C8H11N3O3/c1-6-2-3-9-8(10-4-5-12)7(6)11(13)14/h2-3,12H,4-5H2,1H3,(H,9,10). The number of aromatic nitrogens is 1. The van der Waals surface area contributed by atoms with E-state index in [1.165, 1.54) is 6.20 Å². The van der Waals surface area contributed by atoms with Crippen LogP contribution in [-0.2, 0) is 0 Å². The van der Waals surface area contributed by atoms with Crippen molar-refractivity contribution in [1.29, 1.82) is 0 Å². The second-order valence-electron chi connectivity index (χ2n) is 2.73. The number of rotatable bonds is 4. The number of nitrogens with one attached hydrogen (secondary N) is 1. The summed E-state index contributed by atoms with van der Waals surface area (Å²) < 4.78 is 0. The molecular formula is C8H11N3O3. The highest BCUT2D eigenvalue weighted by Gasteiger charge is 2.17. The zero-order valence-corrected chi connectivity index (χ0v) is 7.73. The van der Waals surface area contributed by atoms with Crippen molar-refractivity contribution < 1.29 is 10.0 Å². The Morgan fingerprint density at radius 1 is 1.71 bits per heavy atom. The van der Waals surface area contributed by atoms with Crippen LogP contribution >= 0.6 is 0 Å². The summed E-state index contributed by atoms with van der Waals surface area (Å²) >= 11 is 0. The lowest BCUT2D eigenvalue weighted by Gasteiger charge is -2.05. The Balaban J connectivity index is 3.02. The van der Waals surface area contributed by atoms with Crippen LogP contribution in [0.25, 0.3) is 0 Å². The van der Waals surface area contributed by atoms with Gasteiger partial charge in [-0.1, -0.05) is 0 Å². The lowest BCUT2D eigenvalue weighted by molar-refractivity contribution is -0.384. The van der Waals surface area contributed by atoms with Crippen LogP contribution in [0.1, 0.15) is 5.56 Å². The zero-order chi connectivity index (χ0) is 10.6. The van der Waals surface area contributed by atoms with Crippen molar-refractivity contribution in [1.82, 2.24) is 4.98 Å². The van der Waals surface area contributed by atoms with Crippen molar-refractivity contribution in [2.24, 2.45) is 0 Å². The van der Waals surface area contributed by atoms with Crippen molar-refractivity contribution in [3.8, 4) is 0 Å². The molecule has 0 unspecified atom stereocenters. The fourth-order valence-electron chi connectivity index (χ4n) is 1.08. The molecule has 1 aromatic heterocycles. The Kier molecular flexibility index (Phi) is 3.35. The topological polar surface area (TPSA) is 88.3 Å². The number of hydrogen-bond donors (Lipinski definition) is 2. The van der Waals surface area contributed by atoms with Gasteiger partial charge in [-0.2, -0.15) is 0 Å². The number of hydrogen-bond acceptors (Lipinski definition) is 5. The van der Waals surface area contributed by atoms with Gasteiger partial charge in [0.15, 0.2) is 0 Å². The molecule has 1 aromatic rings. The number of aliphatic hydroxyl groups excluding tert-OH is 1. The molecule has 6 heteroatoms. The largest absolute Gasteiger partial charge is 0.395 e. The maximum absolute atomic E-state index is 10.7. The van der Waals surface area contributed by atoms with Crippen molar-refractivity contribution in [2.75, 3.05) is 18.5 Å². The molecule has 76 valence electrons. The molecule has 0 saturated carbocycles. The molecule has 0 bridgehead atoms. The minimum Gasteiger partial charge on any atom is -0.395 e. The summed E-state index contributed by atoms with van der Waals surface area (Å²) in [6.45, 7) is 1.80. The van der Waals surface area contributed by atoms with Gasteiger partial charge in [-0.3, -0.25) is 10.1 Å². The first-order chi connectivity index (χ1) is 6.66. The predicted octanol–water partition coefficient (Wildman–Crippen LogP) is 0.702. The van der Waals surface area contributed by atoms with E-state index < -0.39 is 4.92 Å². The van der Waals surface area contributed by atoms with Crippen molar-refractivity contribution in [2.45, 2.75) is 6.92 Å². The Morgan fingerprint density at radius 2 is 2.43 bits per heavy atom. The lowest BCUT2D eigenvalue weighted by Crippen LogP contribution is -2.09. The highest BCUT2D eigenvalue weighted by Crippen LogP contribution is 2.24. The smallest absolute Gasteiger partial charge is 0.314 e. The molecule has 0 amide bonds.